The lowest BCUT2D eigenvalue weighted by Crippen LogP contribution is -2.60. The monoisotopic (exact) mass is 714 g/mol. The van der Waals surface area contributed by atoms with Gasteiger partial charge < -0.3 is 29.9 Å². The topological polar surface area (TPSA) is 99.4 Å². The molecule has 0 aromatic rings. The zero-order valence-electron chi connectivity index (χ0n) is 33.3. The molecule has 5 unspecified atom stereocenters. The highest BCUT2D eigenvalue weighted by atomic mass is 16.7. The van der Waals surface area contributed by atoms with Gasteiger partial charge in [0.25, 0.3) is 0 Å². The van der Waals surface area contributed by atoms with E-state index in [9.17, 15) is 20.4 Å². The van der Waals surface area contributed by atoms with Gasteiger partial charge in [-0.1, -0.05) is 154 Å². The molecule has 52 heavy (non-hydrogen) atoms. The maximum Gasteiger partial charge on any atom is 0.187 e. The third-order valence-corrected chi connectivity index (χ3v) is 8.09. The fourth-order valence-electron chi connectivity index (χ4n) is 4.84. The molecule has 6 heteroatoms. The molecule has 0 aromatic carbocycles. The smallest absolute Gasteiger partial charge is 0.187 e. The molecule has 286 valence electrons. The van der Waals surface area contributed by atoms with Crippen molar-refractivity contribution in [1.29, 1.82) is 0 Å². The summed E-state index contributed by atoms with van der Waals surface area (Å²) in [5.41, 5.74) is 7.74. The van der Waals surface area contributed by atoms with E-state index in [-0.39, 0.29) is 0 Å². The van der Waals surface area contributed by atoms with Gasteiger partial charge in [-0.3, -0.25) is 0 Å². The van der Waals surface area contributed by atoms with Crippen molar-refractivity contribution >= 4 is 0 Å². The maximum atomic E-state index is 10.3. The van der Waals surface area contributed by atoms with Gasteiger partial charge >= 0.3 is 0 Å². The minimum absolute atomic E-state index is 0.494. The van der Waals surface area contributed by atoms with Crippen molar-refractivity contribution in [1.82, 2.24) is 0 Å². The Morgan fingerprint density at radius 3 is 1.50 bits per heavy atom. The number of aliphatic hydroxyl groups excluding tert-OH is 4. The molecule has 1 aliphatic heterocycles. The first-order chi connectivity index (χ1) is 24.5. The quantitative estimate of drug-likeness (QED) is 0.0786. The molecule has 0 aliphatic carbocycles. The molecule has 6 nitrogen and oxygen atoms in total. The van der Waals surface area contributed by atoms with Gasteiger partial charge in [0.2, 0.25) is 0 Å². The molecular weight excluding hydrogens is 649 g/mol. The average molecular weight is 715 g/mol. The van der Waals surface area contributed by atoms with Crippen LogP contribution in [0.25, 0.3) is 0 Å². The highest BCUT2D eigenvalue weighted by molar-refractivity contribution is 5.33. The molecule has 1 saturated heterocycles. The molecule has 0 spiro atoms. The highest BCUT2D eigenvalue weighted by Crippen LogP contribution is 2.27. The van der Waals surface area contributed by atoms with E-state index in [1.54, 1.807) is 0 Å². The molecule has 5 atom stereocenters. The van der Waals surface area contributed by atoms with Crippen LogP contribution in [0.3, 0.4) is 0 Å². The van der Waals surface area contributed by atoms with E-state index in [0.29, 0.717) is 6.42 Å². The van der Waals surface area contributed by atoms with Gasteiger partial charge in [0.1, 0.15) is 24.4 Å². The van der Waals surface area contributed by atoms with E-state index in [2.05, 4.69) is 121 Å². The third-order valence-electron chi connectivity index (χ3n) is 8.09. The first kappa shape index (κ1) is 46.4. The Hall–Kier alpha value is -3.62. The van der Waals surface area contributed by atoms with Crippen molar-refractivity contribution in [2.24, 2.45) is 0 Å². The molecular formula is C46H66O6. The second-order valence-corrected chi connectivity index (χ2v) is 14.4. The van der Waals surface area contributed by atoms with Crippen molar-refractivity contribution in [3.8, 4) is 0 Å². The van der Waals surface area contributed by atoms with Crippen LogP contribution in [-0.2, 0) is 9.47 Å². The van der Waals surface area contributed by atoms with E-state index < -0.39 is 42.9 Å². The lowest BCUT2D eigenvalue weighted by molar-refractivity contribution is -0.322. The second kappa shape index (κ2) is 25.4. The number of rotatable bonds is 19. The molecule has 0 saturated carbocycles. The summed E-state index contributed by atoms with van der Waals surface area (Å²) in [7, 11) is 0. The number of allylic oxidation sites excluding steroid dienone is 25. The Balaban J connectivity index is 2.56. The predicted molar refractivity (Wildman–Crippen MR) is 220 cm³/mol. The van der Waals surface area contributed by atoms with Gasteiger partial charge in [0.05, 0.1) is 12.2 Å². The molecule has 1 aliphatic rings. The van der Waals surface area contributed by atoms with Crippen LogP contribution < -0.4 is 0 Å². The van der Waals surface area contributed by atoms with Crippen LogP contribution in [-0.4, -0.2) is 63.3 Å². The van der Waals surface area contributed by atoms with Crippen molar-refractivity contribution in [2.75, 3.05) is 6.61 Å². The van der Waals surface area contributed by atoms with E-state index in [1.165, 1.54) is 22.3 Å². The molecule has 1 fully saturated rings. The fraction of sp³-hybridized carbons (Fsp3) is 0.435. The van der Waals surface area contributed by atoms with Crippen LogP contribution >= 0.6 is 0 Å². The zero-order valence-corrected chi connectivity index (χ0v) is 33.3. The summed E-state index contributed by atoms with van der Waals surface area (Å²) in [5, 5.41) is 39.6. The molecule has 1 rings (SSSR count). The summed E-state index contributed by atoms with van der Waals surface area (Å²) in [5.74, 6) is 0. The molecule has 1 heterocycles. The number of aliphatic hydroxyl groups is 4. The fourth-order valence-corrected chi connectivity index (χ4v) is 4.84. The number of hydrogen-bond donors (Lipinski definition) is 4. The van der Waals surface area contributed by atoms with Gasteiger partial charge in [-0.2, -0.15) is 0 Å². The van der Waals surface area contributed by atoms with E-state index in [0.717, 1.165) is 29.6 Å². The van der Waals surface area contributed by atoms with Crippen LogP contribution in [0.4, 0.5) is 0 Å². The van der Waals surface area contributed by atoms with Crippen molar-refractivity contribution in [3.63, 3.8) is 0 Å². The molecule has 4 N–H and O–H groups in total. The largest absolute Gasteiger partial charge is 0.394 e. The SMILES string of the molecule is CC(C)=CCCC(C)=CC=CC(C)=CC=CC(C)=CC=CC=C(C)C=CC=C(C)C=CC=C(C)C=CCC(C)(C)OC1OC(CO)C(O)C(O)C1O. The van der Waals surface area contributed by atoms with Crippen molar-refractivity contribution in [2.45, 2.75) is 125 Å². The van der Waals surface area contributed by atoms with Gasteiger partial charge in [-0.05, 0) is 88.5 Å². The van der Waals surface area contributed by atoms with E-state index in [4.69, 9.17) is 9.47 Å². The van der Waals surface area contributed by atoms with Gasteiger partial charge in [-0.25, -0.2) is 0 Å². The molecule has 0 radical (unpaired) electrons. The number of ether oxygens (including phenoxy) is 2. The second-order valence-electron chi connectivity index (χ2n) is 14.4. The lowest BCUT2D eigenvalue weighted by Gasteiger charge is -2.42. The van der Waals surface area contributed by atoms with Crippen molar-refractivity contribution in [3.05, 3.63) is 154 Å². The summed E-state index contributed by atoms with van der Waals surface area (Å²) in [6.07, 6.45) is 35.8. The Labute approximate surface area is 315 Å². The standard InChI is InChI=1S/C46H66O6/c1-34(2)19-13-22-37(5)25-16-28-38(6)26-14-23-35(3)20-11-12-21-36(4)24-15-27-39(7)29-17-30-40(8)31-18-32-46(9,10)52-45-44(50)43(49)42(48)41(33-47)51-45/h11-12,14-21,23-31,41-45,47-50H,13,22,32-33H2,1-10H3. The summed E-state index contributed by atoms with van der Waals surface area (Å²) in [6, 6.07) is 0. The van der Waals surface area contributed by atoms with Crippen LogP contribution in [0.2, 0.25) is 0 Å². The summed E-state index contributed by atoms with van der Waals surface area (Å²) in [6.45, 7) is 20.0. The highest BCUT2D eigenvalue weighted by Gasteiger charge is 2.45. The summed E-state index contributed by atoms with van der Waals surface area (Å²) in [4.78, 5) is 0. The van der Waals surface area contributed by atoms with Crippen LogP contribution in [0.5, 0.6) is 0 Å². The average Bonchev–Trinajstić information content (AvgIpc) is 3.06. The Morgan fingerprint density at radius 2 is 1.04 bits per heavy atom. The first-order valence-electron chi connectivity index (χ1n) is 18.2. The van der Waals surface area contributed by atoms with Gasteiger partial charge in [0, 0.05) is 0 Å². The van der Waals surface area contributed by atoms with Crippen LogP contribution in [0.15, 0.2) is 154 Å². The number of hydrogen-bond acceptors (Lipinski definition) is 6. The first-order valence-corrected chi connectivity index (χ1v) is 18.2. The van der Waals surface area contributed by atoms with Crippen LogP contribution in [0.1, 0.15) is 88.5 Å². The Bertz CT molecular complexity index is 1490. The Kier molecular flexibility index (Phi) is 22.6. The van der Waals surface area contributed by atoms with E-state index in [1.807, 2.05) is 63.3 Å². The summed E-state index contributed by atoms with van der Waals surface area (Å²) < 4.78 is 11.4. The minimum Gasteiger partial charge on any atom is -0.394 e. The molecule has 0 bridgehead atoms. The van der Waals surface area contributed by atoms with Gasteiger partial charge in [0.15, 0.2) is 6.29 Å². The Morgan fingerprint density at radius 1 is 0.596 bits per heavy atom. The van der Waals surface area contributed by atoms with Gasteiger partial charge in [-0.15, -0.1) is 0 Å². The van der Waals surface area contributed by atoms with E-state index >= 15 is 0 Å². The van der Waals surface area contributed by atoms with Crippen LogP contribution in [0, 0.1) is 0 Å². The zero-order chi connectivity index (χ0) is 39.1. The molecule has 0 aromatic heterocycles. The molecule has 0 amide bonds. The minimum atomic E-state index is -1.47. The maximum absolute atomic E-state index is 10.3. The lowest BCUT2D eigenvalue weighted by atomic mass is 9.98. The summed E-state index contributed by atoms with van der Waals surface area (Å²) >= 11 is 0. The third kappa shape index (κ3) is 21.0. The predicted octanol–water partition coefficient (Wildman–Crippen LogP) is 9.73. The normalized spacial score (nSPS) is 23.9. The van der Waals surface area contributed by atoms with Crippen molar-refractivity contribution < 1.29 is 29.9 Å².